The minimum Gasteiger partial charge on any atom is -0.376 e. The Hall–Kier alpha value is -2.29. The molecule has 0 saturated heterocycles. The molecule has 0 spiro atoms. The second-order valence-corrected chi connectivity index (χ2v) is 6.55. The van der Waals surface area contributed by atoms with Crippen molar-refractivity contribution in [2.75, 3.05) is 39.8 Å². The molecule has 0 aromatic heterocycles. The first-order valence-electron chi connectivity index (χ1n) is 9.15. The molecule has 0 bridgehead atoms. The van der Waals surface area contributed by atoms with Gasteiger partial charge < -0.3 is 20.3 Å². The first-order chi connectivity index (χ1) is 13.2. The smallest absolute Gasteiger partial charge is 0.376 e. The molecule has 0 aliphatic carbocycles. The van der Waals surface area contributed by atoms with Crippen LogP contribution >= 0.6 is 0 Å². The van der Waals surface area contributed by atoms with Crippen molar-refractivity contribution >= 4 is 11.9 Å². The molecule has 1 rings (SSSR count). The Morgan fingerprint density at radius 3 is 2.54 bits per heavy atom. The highest BCUT2D eigenvalue weighted by Crippen LogP contribution is 2.15. The number of guanidine groups is 1. The molecular weight excluding hydrogens is 373 g/mol. The Kier molecular flexibility index (Phi) is 10.4. The molecule has 0 aliphatic heterocycles. The number of rotatable bonds is 10. The normalized spacial score (nSPS) is 13.1. The van der Waals surface area contributed by atoms with Gasteiger partial charge in [0.05, 0.1) is 13.2 Å². The van der Waals surface area contributed by atoms with E-state index in [4.69, 9.17) is 4.74 Å². The van der Waals surface area contributed by atoms with E-state index in [1.807, 2.05) is 44.2 Å². The maximum atomic E-state index is 12.3. The maximum absolute atomic E-state index is 12.3. The second-order valence-electron chi connectivity index (χ2n) is 6.55. The van der Waals surface area contributed by atoms with Crippen molar-refractivity contribution < 1.29 is 22.7 Å². The first-order valence-corrected chi connectivity index (χ1v) is 9.15. The zero-order chi connectivity index (χ0) is 21.0. The molecule has 0 fully saturated rings. The molecule has 0 aliphatic rings. The van der Waals surface area contributed by atoms with Crippen molar-refractivity contribution in [2.24, 2.45) is 10.9 Å². The van der Waals surface area contributed by atoms with Crippen LogP contribution in [-0.4, -0.2) is 62.8 Å². The molecule has 0 heterocycles. The van der Waals surface area contributed by atoms with Crippen LogP contribution in [0.1, 0.15) is 19.4 Å². The van der Waals surface area contributed by atoms with Crippen molar-refractivity contribution in [3.05, 3.63) is 35.9 Å². The van der Waals surface area contributed by atoms with Crippen LogP contribution in [-0.2, 0) is 16.1 Å². The fourth-order valence-electron chi connectivity index (χ4n) is 2.25. The van der Waals surface area contributed by atoms with Gasteiger partial charge in [-0.3, -0.25) is 4.79 Å². The topological polar surface area (TPSA) is 66.0 Å². The summed E-state index contributed by atoms with van der Waals surface area (Å²) >= 11 is 0. The lowest BCUT2D eigenvalue weighted by atomic mass is 10.2. The Morgan fingerprint density at radius 1 is 1.25 bits per heavy atom. The van der Waals surface area contributed by atoms with Gasteiger partial charge in [0, 0.05) is 20.1 Å². The van der Waals surface area contributed by atoms with E-state index in [2.05, 4.69) is 15.6 Å². The van der Waals surface area contributed by atoms with Gasteiger partial charge in [0.15, 0.2) is 5.96 Å². The minimum atomic E-state index is -4.42. The number of carbonyl (C=O) groups is 1. The quantitative estimate of drug-likeness (QED) is 0.466. The van der Waals surface area contributed by atoms with Crippen LogP contribution in [0.4, 0.5) is 13.2 Å². The predicted octanol–water partition coefficient (Wildman–Crippen LogP) is 2.42. The van der Waals surface area contributed by atoms with Crippen LogP contribution in [0.2, 0.25) is 0 Å². The van der Waals surface area contributed by atoms with E-state index in [1.165, 1.54) is 0 Å². The number of nitrogens with zero attached hydrogens (tertiary/aromatic N) is 2. The zero-order valence-electron chi connectivity index (χ0n) is 16.6. The lowest BCUT2D eigenvalue weighted by Gasteiger charge is -2.19. The standard InChI is InChI=1S/C19H29F3N4O2/c1-4-23-18(25-11-17(27)26(3)14-19(20,21)22)24-10-15(2)12-28-13-16-8-6-5-7-9-16/h5-9,15H,4,10-14H2,1-3H3,(H2,23,24,25). The highest BCUT2D eigenvalue weighted by molar-refractivity contribution is 5.84. The SMILES string of the molecule is CCNC(=NCC(=O)N(C)CC(F)(F)F)NCC(C)COCc1ccccc1. The summed E-state index contributed by atoms with van der Waals surface area (Å²) in [5.74, 6) is -0.142. The monoisotopic (exact) mass is 402 g/mol. The van der Waals surface area contributed by atoms with Crippen molar-refractivity contribution in [3.8, 4) is 0 Å². The number of nitrogens with one attached hydrogen (secondary N) is 2. The third kappa shape index (κ3) is 10.8. The Bertz CT molecular complexity index is 609. The molecule has 1 amide bonds. The average Bonchev–Trinajstić information content (AvgIpc) is 2.63. The first kappa shape index (κ1) is 23.7. The van der Waals surface area contributed by atoms with Gasteiger partial charge in [0.25, 0.3) is 0 Å². The van der Waals surface area contributed by atoms with Crippen LogP contribution in [0, 0.1) is 5.92 Å². The molecule has 2 N–H and O–H groups in total. The minimum absolute atomic E-state index is 0.177. The lowest BCUT2D eigenvalue weighted by molar-refractivity contribution is -0.157. The number of benzene rings is 1. The highest BCUT2D eigenvalue weighted by Gasteiger charge is 2.31. The van der Waals surface area contributed by atoms with Gasteiger partial charge in [0.2, 0.25) is 5.91 Å². The highest BCUT2D eigenvalue weighted by atomic mass is 19.4. The summed E-state index contributed by atoms with van der Waals surface area (Å²) in [6, 6.07) is 9.84. The number of hydrogen-bond acceptors (Lipinski definition) is 3. The molecule has 1 aromatic carbocycles. The fraction of sp³-hybridized carbons (Fsp3) is 0.579. The molecule has 9 heteroatoms. The number of likely N-dealkylation sites (N-methyl/N-ethyl adjacent to an activating group) is 1. The molecule has 28 heavy (non-hydrogen) atoms. The molecule has 0 radical (unpaired) electrons. The fourth-order valence-corrected chi connectivity index (χ4v) is 2.25. The maximum Gasteiger partial charge on any atom is 0.406 e. The van der Waals surface area contributed by atoms with Crippen molar-refractivity contribution in [3.63, 3.8) is 0 Å². The van der Waals surface area contributed by atoms with E-state index in [9.17, 15) is 18.0 Å². The number of alkyl halides is 3. The van der Waals surface area contributed by atoms with Crippen LogP contribution < -0.4 is 10.6 Å². The molecule has 0 saturated carbocycles. The second kappa shape index (κ2) is 12.2. The summed E-state index contributed by atoms with van der Waals surface area (Å²) in [6.07, 6.45) is -4.42. The summed E-state index contributed by atoms with van der Waals surface area (Å²) < 4.78 is 42.7. The van der Waals surface area contributed by atoms with Gasteiger partial charge in [-0.05, 0) is 18.4 Å². The summed E-state index contributed by atoms with van der Waals surface area (Å²) in [5, 5.41) is 6.05. The molecule has 158 valence electrons. The lowest BCUT2D eigenvalue weighted by Crippen LogP contribution is -2.42. The number of ether oxygens (including phenoxy) is 1. The van der Waals surface area contributed by atoms with Gasteiger partial charge >= 0.3 is 6.18 Å². The van der Waals surface area contributed by atoms with Crippen LogP contribution in [0.15, 0.2) is 35.3 Å². The van der Waals surface area contributed by atoms with Gasteiger partial charge in [-0.25, -0.2) is 4.99 Å². The van der Waals surface area contributed by atoms with Gasteiger partial charge in [-0.15, -0.1) is 0 Å². The van der Waals surface area contributed by atoms with E-state index in [1.54, 1.807) is 0 Å². The van der Waals surface area contributed by atoms with Crippen molar-refractivity contribution in [2.45, 2.75) is 26.6 Å². The van der Waals surface area contributed by atoms with Crippen LogP contribution in [0.5, 0.6) is 0 Å². The Labute approximate surface area is 164 Å². The molecule has 1 atom stereocenters. The van der Waals surface area contributed by atoms with E-state index >= 15 is 0 Å². The number of carbonyl (C=O) groups excluding carboxylic acids is 1. The van der Waals surface area contributed by atoms with Gasteiger partial charge in [-0.1, -0.05) is 37.3 Å². The zero-order valence-corrected chi connectivity index (χ0v) is 16.6. The van der Waals surface area contributed by atoms with Crippen LogP contribution in [0.3, 0.4) is 0 Å². The predicted molar refractivity (Wildman–Crippen MR) is 103 cm³/mol. The third-order valence-electron chi connectivity index (χ3n) is 3.69. The van der Waals surface area contributed by atoms with Crippen molar-refractivity contribution in [1.82, 2.24) is 15.5 Å². The van der Waals surface area contributed by atoms with Gasteiger partial charge in [-0.2, -0.15) is 13.2 Å². The molecule has 1 aromatic rings. The number of aliphatic imine (C=N–C) groups is 1. The third-order valence-corrected chi connectivity index (χ3v) is 3.69. The van der Waals surface area contributed by atoms with Crippen LogP contribution in [0.25, 0.3) is 0 Å². The van der Waals surface area contributed by atoms with Gasteiger partial charge in [0.1, 0.15) is 13.1 Å². The Morgan fingerprint density at radius 2 is 1.93 bits per heavy atom. The molecule has 1 unspecified atom stereocenters. The number of halogens is 3. The van der Waals surface area contributed by atoms with E-state index < -0.39 is 18.6 Å². The molecular formula is C19H29F3N4O2. The van der Waals surface area contributed by atoms with Crippen molar-refractivity contribution in [1.29, 1.82) is 0 Å². The Balaban J connectivity index is 2.39. The van der Waals surface area contributed by atoms with E-state index in [-0.39, 0.29) is 12.5 Å². The number of hydrogen-bond donors (Lipinski definition) is 2. The summed E-state index contributed by atoms with van der Waals surface area (Å²) in [5.41, 5.74) is 1.10. The van der Waals surface area contributed by atoms with E-state index in [0.29, 0.717) is 37.2 Å². The summed E-state index contributed by atoms with van der Waals surface area (Å²) in [6.45, 7) is 4.39. The summed E-state index contributed by atoms with van der Waals surface area (Å²) in [4.78, 5) is 16.5. The summed E-state index contributed by atoms with van der Waals surface area (Å²) in [7, 11) is 1.11. The van der Waals surface area contributed by atoms with E-state index in [0.717, 1.165) is 12.6 Å². The molecule has 6 nitrogen and oxygen atoms in total. The largest absolute Gasteiger partial charge is 0.406 e. The average molecular weight is 402 g/mol. The number of amides is 1.